The topological polar surface area (TPSA) is 58.3 Å². The highest BCUT2D eigenvalue weighted by molar-refractivity contribution is 4.99. The first kappa shape index (κ1) is 17.2. The Hall–Kier alpha value is -0.120. The fraction of sp³-hybridized carbons (Fsp3) is 1.00. The third-order valence-electron chi connectivity index (χ3n) is 5.98. The molecule has 0 heterocycles. The molecule has 0 aliphatic heterocycles. The maximum absolute atomic E-state index is 8.87. The van der Waals surface area contributed by atoms with Crippen molar-refractivity contribution in [1.29, 1.82) is 0 Å². The lowest BCUT2D eigenvalue weighted by Gasteiger charge is -2.47. The Morgan fingerprint density at radius 3 is 1.86 bits per heavy atom. The van der Waals surface area contributed by atoms with E-state index in [2.05, 4.69) is 5.32 Å². The molecule has 0 unspecified atom stereocenters. The molecule has 0 aromatic carbocycles. The zero-order valence-corrected chi connectivity index (χ0v) is 13.8. The molecule has 0 bridgehead atoms. The highest BCUT2D eigenvalue weighted by atomic mass is 16.3. The summed E-state index contributed by atoms with van der Waals surface area (Å²) >= 11 is 0. The van der Waals surface area contributed by atoms with Crippen LogP contribution in [0.25, 0.3) is 0 Å². The van der Waals surface area contributed by atoms with E-state index < -0.39 is 0 Å². The number of hydrogen-bond donors (Lipinski definition) is 3. The Labute approximate surface area is 131 Å². The maximum atomic E-state index is 8.87. The second-order valence-corrected chi connectivity index (χ2v) is 7.36. The van der Waals surface area contributed by atoms with Crippen molar-refractivity contribution >= 4 is 0 Å². The van der Waals surface area contributed by atoms with Gasteiger partial charge in [0.1, 0.15) is 0 Å². The summed E-state index contributed by atoms with van der Waals surface area (Å²) in [6, 6.07) is 0. The molecule has 2 saturated carbocycles. The van der Waals surface area contributed by atoms with E-state index in [1.807, 2.05) is 0 Å². The average molecular weight is 296 g/mol. The summed E-state index contributed by atoms with van der Waals surface area (Å²) in [6.45, 7) is 2.22. The second kappa shape index (κ2) is 9.12. The van der Waals surface area contributed by atoms with Crippen molar-refractivity contribution in [3.05, 3.63) is 0 Å². The third-order valence-corrected chi connectivity index (χ3v) is 5.98. The summed E-state index contributed by atoms with van der Waals surface area (Å²) in [7, 11) is 0. The van der Waals surface area contributed by atoms with Crippen LogP contribution in [0, 0.1) is 11.8 Å². The molecule has 0 aromatic heterocycles. The number of hydrogen-bond acceptors (Lipinski definition) is 3. The summed E-state index contributed by atoms with van der Waals surface area (Å²) in [5.74, 6) is 1.49. The fourth-order valence-corrected chi connectivity index (χ4v) is 4.66. The molecular weight excluding hydrogens is 260 g/mol. The first-order valence-electron chi connectivity index (χ1n) is 9.38. The Balaban J connectivity index is 1.91. The van der Waals surface area contributed by atoms with Gasteiger partial charge in [0.2, 0.25) is 0 Å². The molecule has 2 fully saturated rings. The van der Waals surface area contributed by atoms with Gasteiger partial charge in [0.15, 0.2) is 0 Å². The van der Waals surface area contributed by atoms with Crippen LogP contribution < -0.4 is 11.1 Å². The van der Waals surface area contributed by atoms with Crippen LogP contribution in [0.1, 0.15) is 77.0 Å². The first-order chi connectivity index (χ1) is 10.3. The molecule has 3 nitrogen and oxygen atoms in total. The maximum Gasteiger partial charge on any atom is 0.0443 e. The molecule has 3 heteroatoms. The van der Waals surface area contributed by atoms with Crippen molar-refractivity contribution in [3.8, 4) is 0 Å². The molecule has 0 saturated heterocycles. The van der Waals surface area contributed by atoms with Gasteiger partial charge >= 0.3 is 0 Å². The molecule has 124 valence electrons. The minimum Gasteiger partial charge on any atom is -0.396 e. The lowest BCUT2D eigenvalue weighted by Crippen LogP contribution is -2.55. The summed E-state index contributed by atoms with van der Waals surface area (Å²) in [6.07, 6.45) is 15.7. The van der Waals surface area contributed by atoms with Crippen molar-refractivity contribution in [2.75, 3.05) is 19.7 Å². The first-order valence-corrected chi connectivity index (χ1v) is 9.38. The average Bonchev–Trinajstić information content (AvgIpc) is 2.56. The van der Waals surface area contributed by atoms with Gasteiger partial charge in [-0.2, -0.15) is 0 Å². The van der Waals surface area contributed by atoms with Gasteiger partial charge in [-0.05, 0) is 63.5 Å². The van der Waals surface area contributed by atoms with Gasteiger partial charge in [-0.1, -0.05) is 38.5 Å². The number of aliphatic hydroxyl groups is 1. The van der Waals surface area contributed by atoms with Crippen molar-refractivity contribution < 1.29 is 5.11 Å². The molecule has 0 spiro atoms. The zero-order chi connectivity index (χ0) is 15.0. The highest BCUT2D eigenvalue weighted by Gasteiger charge is 2.41. The van der Waals surface area contributed by atoms with E-state index in [0.29, 0.717) is 0 Å². The molecule has 2 aliphatic rings. The zero-order valence-electron chi connectivity index (χ0n) is 13.8. The summed E-state index contributed by atoms with van der Waals surface area (Å²) in [5.41, 5.74) is 7.14. The fourth-order valence-electron chi connectivity index (χ4n) is 4.66. The smallest absolute Gasteiger partial charge is 0.0443 e. The number of rotatable bonds is 8. The molecule has 21 heavy (non-hydrogen) atoms. The van der Waals surface area contributed by atoms with Gasteiger partial charge in [0.05, 0.1) is 0 Å². The normalized spacial score (nSPS) is 22.6. The van der Waals surface area contributed by atoms with E-state index in [0.717, 1.165) is 37.8 Å². The molecule has 0 aromatic rings. The van der Waals surface area contributed by atoms with Gasteiger partial charge < -0.3 is 16.2 Å². The van der Waals surface area contributed by atoms with Crippen LogP contribution in [0.5, 0.6) is 0 Å². The predicted octanol–water partition coefficient (Wildman–Crippen LogP) is 3.21. The Bertz CT molecular complexity index is 252. The van der Waals surface area contributed by atoms with Crippen LogP contribution in [0.2, 0.25) is 0 Å². The Morgan fingerprint density at radius 1 is 0.857 bits per heavy atom. The molecule has 2 aliphatic carbocycles. The summed E-state index contributed by atoms with van der Waals surface area (Å²) < 4.78 is 0. The molecule has 0 atom stereocenters. The standard InChI is InChI=1S/C18H36N2O/c19-18(12-14-20-13-7-15-21,16-8-3-1-4-9-16)17-10-5-2-6-11-17/h16-17,20-21H,1-15,19H2. The molecule has 0 amide bonds. The van der Waals surface area contributed by atoms with E-state index in [4.69, 9.17) is 10.8 Å². The minimum absolute atomic E-state index is 0.0626. The molecule has 0 radical (unpaired) electrons. The van der Waals surface area contributed by atoms with Gasteiger partial charge in [-0.15, -0.1) is 0 Å². The minimum atomic E-state index is 0.0626. The van der Waals surface area contributed by atoms with Crippen molar-refractivity contribution in [3.63, 3.8) is 0 Å². The Morgan fingerprint density at radius 2 is 1.38 bits per heavy atom. The van der Waals surface area contributed by atoms with E-state index >= 15 is 0 Å². The van der Waals surface area contributed by atoms with Gasteiger partial charge in [0, 0.05) is 12.1 Å². The van der Waals surface area contributed by atoms with E-state index in [9.17, 15) is 0 Å². The molecule has 2 rings (SSSR count). The molecular formula is C18H36N2O. The van der Waals surface area contributed by atoms with E-state index in [-0.39, 0.29) is 12.1 Å². The van der Waals surface area contributed by atoms with Crippen LogP contribution in [0.15, 0.2) is 0 Å². The van der Waals surface area contributed by atoms with Crippen LogP contribution >= 0.6 is 0 Å². The number of nitrogens with two attached hydrogens (primary N) is 1. The van der Waals surface area contributed by atoms with Crippen LogP contribution in [-0.2, 0) is 0 Å². The number of nitrogens with one attached hydrogen (secondary N) is 1. The molecule has 4 N–H and O–H groups in total. The van der Waals surface area contributed by atoms with E-state index in [1.54, 1.807) is 0 Å². The highest BCUT2D eigenvalue weighted by Crippen LogP contribution is 2.43. The lowest BCUT2D eigenvalue weighted by atomic mass is 9.63. The van der Waals surface area contributed by atoms with Crippen molar-refractivity contribution in [2.45, 2.75) is 82.6 Å². The third kappa shape index (κ3) is 4.94. The van der Waals surface area contributed by atoms with Gasteiger partial charge in [-0.3, -0.25) is 0 Å². The summed E-state index contributed by atoms with van der Waals surface area (Å²) in [5, 5.41) is 12.3. The lowest BCUT2D eigenvalue weighted by molar-refractivity contribution is 0.0965. The Kier molecular flexibility index (Phi) is 7.48. The summed E-state index contributed by atoms with van der Waals surface area (Å²) in [4.78, 5) is 0. The monoisotopic (exact) mass is 296 g/mol. The van der Waals surface area contributed by atoms with Crippen molar-refractivity contribution in [2.24, 2.45) is 17.6 Å². The van der Waals surface area contributed by atoms with Crippen LogP contribution in [-0.4, -0.2) is 30.3 Å². The van der Waals surface area contributed by atoms with Crippen LogP contribution in [0.4, 0.5) is 0 Å². The van der Waals surface area contributed by atoms with Gasteiger partial charge in [0.25, 0.3) is 0 Å². The largest absolute Gasteiger partial charge is 0.396 e. The SMILES string of the molecule is NC(CCNCCCO)(C1CCCCC1)C1CCCCC1. The van der Waals surface area contributed by atoms with Crippen molar-refractivity contribution in [1.82, 2.24) is 5.32 Å². The van der Waals surface area contributed by atoms with E-state index in [1.165, 1.54) is 64.2 Å². The quantitative estimate of drug-likeness (QED) is 0.603. The number of aliphatic hydroxyl groups excluding tert-OH is 1. The van der Waals surface area contributed by atoms with Gasteiger partial charge in [-0.25, -0.2) is 0 Å². The second-order valence-electron chi connectivity index (χ2n) is 7.36. The van der Waals surface area contributed by atoms with Crippen LogP contribution in [0.3, 0.4) is 0 Å². The predicted molar refractivity (Wildman–Crippen MR) is 89.3 cm³/mol.